The van der Waals surface area contributed by atoms with Gasteiger partial charge in [-0.25, -0.2) is 4.68 Å². The maximum absolute atomic E-state index is 5.99. The zero-order valence-electron chi connectivity index (χ0n) is 12.7. The molecule has 3 aromatic rings. The molecule has 0 bridgehead atoms. The summed E-state index contributed by atoms with van der Waals surface area (Å²) in [7, 11) is 1.67. The van der Waals surface area contributed by atoms with Crippen molar-refractivity contribution in [1.82, 2.24) is 9.78 Å². The van der Waals surface area contributed by atoms with E-state index in [1.54, 1.807) is 7.11 Å². The number of rotatable bonds is 3. The molecule has 1 aromatic heterocycles. The molecule has 0 fully saturated rings. The predicted molar refractivity (Wildman–Crippen MR) is 92.8 cm³/mol. The van der Waals surface area contributed by atoms with Crippen molar-refractivity contribution in [2.75, 3.05) is 19.0 Å². The van der Waals surface area contributed by atoms with Crippen molar-refractivity contribution in [3.63, 3.8) is 0 Å². The second kappa shape index (κ2) is 5.63. The van der Waals surface area contributed by atoms with Crippen LogP contribution in [0.2, 0.25) is 5.02 Å². The zero-order chi connectivity index (χ0) is 15.8. The van der Waals surface area contributed by atoms with Crippen LogP contribution in [0.4, 0.5) is 5.82 Å². The molecule has 1 aliphatic heterocycles. The van der Waals surface area contributed by atoms with E-state index in [-0.39, 0.29) is 0 Å². The Balaban J connectivity index is 1.82. The first-order chi connectivity index (χ1) is 11.3. The lowest BCUT2D eigenvalue weighted by Crippen LogP contribution is -2.04. The van der Waals surface area contributed by atoms with Gasteiger partial charge in [-0.15, -0.1) is 0 Å². The molecular formula is C18H16ClN3O. The van der Waals surface area contributed by atoms with E-state index in [4.69, 9.17) is 21.4 Å². The third-order valence-electron chi connectivity index (χ3n) is 4.09. The zero-order valence-corrected chi connectivity index (χ0v) is 13.5. The number of anilines is 1. The van der Waals surface area contributed by atoms with Crippen LogP contribution in [0.25, 0.3) is 16.9 Å². The highest BCUT2D eigenvalue weighted by Gasteiger charge is 2.23. The number of nitrogens with zero attached hydrogens (tertiary/aromatic N) is 2. The molecule has 0 atom stereocenters. The topological polar surface area (TPSA) is 39.1 Å². The molecule has 0 radical (unpaired) electrons. The Hall–Kier alpha value is -2.46. The minimum absolute atomic E-state index is 0.723. The van der Waals surface area contributed by atoms with Crippen LogP contribution in [-0.4, -0.2) is 23.4 Å². The number of aromatic nitrogens is 2. The van der Waals surface area contributed by atoms with Gasteiger partial charge in [-0.3, -0.25) is 0 Å². The Bertz CT molecular complexity index is 838. The summed E-state index contributed by atoms with van der Waals surface area (Å²) in [5, 5.41) is 8.99. The summed E-state index contributed by atoms with van der Waals surface area (Å²) in [5.41, 5.74) is 4.37. The van der Waals surface area contributed by atoms with Crippen molar-refractivity contribution in [2.24, 2.45) is 0 Å². The van der Waals surface area contributed by atoms with Gasteiger partial charge in [0.25, 0.3) is 0 Å². The summed E-state index contributed by atoms with van der Waals surface area (Å²) in [6.07, 6.45) is 0.976. The number of halogens is 1. The highest BCUT2D eigenvalue weighted by molar-refractivity contribution is 6.30. The Morgan fingerprint density at radius 3 is 2.52 bits per heavy atom. The van der Waals surface area contributed by atoms with Crippen molar-refractivity contribution in [3.8, 4) is 22.7 Å². The highest BCUT2D eigenvalue weighted by atomic mass is 35.5. The van der Waals surface area contributed by atoms with E-state index in [1.165, 1.54) is 5.56 Å². The van der Waals surface area contributed by atoms with Gasteiger partial charge in [0.2, 0.25) is 0 Å². The number of hydrogen-bond acceptors (Lipinski definition) is 3. The van der Waals surface area contributed by atoms with Gasteiger partial charge in [0.1, 0.15) is 11.6 Å². The summed E-state index contributed by atoms with van der Waals surface area (Å²) in [4.78, 5) is 0. The standard InChI is InChI=1S/C18H16ClN3O/c1-23-15-8-2-12(3-9-15)17-16-10-11-20-18(16)22(21-17)14-6-4-13(19)5-7-14/h2-9,20H,10-11H2,1H3. The average Bonchev–Trinajstić information content (AvgIpc) is 3.18. The molecule has 0 aliphatic carbocycles. The Kier molecular flexibility index (Phi) is 3.46. The smallest absolute Gasteiger partial charge is 0.133 e. The molecule has 116 valence electrons. The molecule has 0 saturated carbocycles. The van der Waals surface area contributed by atoms with Gasteiger partial charge in [0, 0.05) is 22.7 Å². The van der Waals surface area contributed by atoms with Crippen LogP contribution >= 0.6 is 11.6 Å². The molecule has 1 aliphatic rings. The minimum atomic E-state index is 0.723. The van der Waals surface area contributed by atoms with Gasteiger partial charge in [-0.1, -0.05) is 11.6 Å². The Morgan fingerprint density at radius 1 is 1.09 bits per heavy atom. The Labute approximate surface area is 139 Å². The van der Waals surface area contributed by atoms with Crippen LogP contribution in [0.15, 0.2) is 48.5 Å². The van der Waals surface area contributed by atoms with Gasteiger partial charge < -0.3 is 10.1 Å². The number of benzene rings is 2. The maximum atomic E-state index is 5.99. The fraction of sp³-hybridized carbons (Fsp3) is 0.167. The summed E-state index contributed by atoms with van der Waals surface area (Å²) in [6, 6.07) is 15.7. The quantitative estimate of drug-likeness (QED) is 0.785. The molecule has 1 N–H and O–H groups in total. The summed E-state index contributed by atoms with van der Waals surface area (Å²) >= 11 is 5.99. The lowest BCUT2D eigenvalue weighted by Gasteiger charge is -2.06. The molecule has 5 heteroatoms. The average molecular weight is 326 g/mol. The monoisotopic (exact) mass is 325 g/mol. The van der Waals surface area contributed by atoms with Crippen LogP contribution in [0.5, 0.6) is 5.75 Å². The number of fused-ring (bicyclic) bond motifs is 1. The molecule has 23 heavy (non-hydrogen) atoms. The van der Waals surface area contributed by atoms with Crippen molar-refractivity contribution in [3.05, 3.63) is 59.1 Å². The van der Waals surface area contributed by atoms with E-state index in [0.29, 0.717) is 0 Å². The molecule has 4 nitrogen and oxygen atoms in total. The number of nitrogens with one attached hydrogen (secondary N) is 1. The molecule has 2 aromatic carbocycles. The first kappa shape index (κ1) is 14.2. The summed E-state index contributed by atoms with van der Waals surface area (Å²) < 4.78 is 7.19. The third kappa shape index (κ3) is 2.45. The molecule has 4 rings (SSSR count). The largest absolute Gasteiger partial charge is 0.497 e. The van der Waals surface area contributed by atoms with E-state index in [1.807, 2.05) is 53.2 Å². The van der Waals surface area contributed by atoms with Crippen molar-refractivity contribution in [1.29, 1.82) is 0 Å². The molecular weight excluding hydrogens is 310 g/mol. The normalized spacial score (nSPS) is 12.8. The summed E-state index contributed by atoms with van der Waals surface area (Å²) in [6.45, 7) is 0.934. The summed E-state index contributed by atoms with van der Waals surface area (Å²) in [5.74, 6) is 1.92. The third-order valence-corrected chi connectivity index (χ3v) is 4.34. The van der Waals surface area contributed by atoms with Gasteiger partial charge in [0.05, 0.1) is 18.5 Å². The van der Waals surface area contributed by atoms with Crippen LogP contribution in [0.1, 0.15) is 5.56 Å². The molecule has 0 amide bonds. The van der Waals surface area contributed by atoms with Crippen molar-refractivity contribution in [2.45, 2.75) is 6.42 Å². The number of methoxy groups -OCH3 is 1. The van der Waals surface area contributed by atoms with Crippen LogP contribution in [0.3, 0.4) is 0 Å². The van der Waals surface area contributed by atoms with Gasteiger partial charge in [-0.2, -0.15) is 5.10 Å². The molecule has 0 saturated heterocycles. The lowest BCUT2D eigenvalue weighted by molar-refractivity contribution is 0.415. The predicted octanol–water partition coefficient (Wildman–Crippen LogP) is 4.17. The maximum Gasteiger partial charge on any atom is 0.133 e. The van der Waals surface area contributed by atoms with E-state index >= 15 is 0 Å². The number of hydrogen-bond donors (Lipinski definition) is 1. The van der Waals surface area contributed by atoms with Crippen LogP contribution in [-0.2, 0) is 6.42 Å². The second-order valence-corrected chi connectivity index (χ2v) is 5.91. The first-order valence-electron chi connectivity index (χ1n) is 7.52. The lowest BCUT2D eigenvalue weighted by atomic mass is 10.1. The van der Waals surface area contributed by atoms with Crippen LogP contribution in [0, 0.1) is 0 Å². The van der Waals surface area contributed by atoms with Crippen molar-refractivity contribution >= 4 is 17.4 Å². The minimum Gasteiger partial charge on any atom is -0.497 e. The molecule has 0 spiro atoms. The first-order valence-corrected chi connectivity index (χ1v) is 7.90. The fourth-order valence-electron chi connectivity index (χ4n) is 2.92. The van der Waals surface area contributed by atoms with Gasteiger partial charge >= 0.3 is 0 Å². The van der Waals surface area contributed by atoms with Crippen molar-refractivity contribution < 1.29 is 4.74 Å². The van der Waals surface area contributed by atoms with Gasteiger partial charge in [0.15, 0.2) is 0 Å². The molecule has 0 unspecified atom stereocenters. The van der Waals surface area contributed by atoms with Crippen LogP contribution < -0.4 is 10.1 Å². The molecule has 2 heterocycles. The van der Waals surface area contributed by atoms with E-state index in [2.05, 4.69) is 5.32 Å². The van der Waals surface area contributed by atoms with Gasteiger partial charge in [-0.05, 0) is 55.0 Å². The van der Waals surface area contributed by atoms with E-state index < -0.39 is 0 Å². The Morgan fingerprint density at radius 2 is 1.83 bits per heavy atom. The SMILES string of the molecule is COc1ccc(-c2nn(-c3ccc(Cl)cc3)c3c2CCN3)cc1. The fourth-order valence-corrected chi connectivity index (χ4v) is 3.05. The second-order valence-electron chi connectivity index (χ2n) is 5.47. The van der Waals surface area contributed by atoms with E-state index in [9.17, 15) is 0 Å². The highest BCUT2D eigenvalue weighted by Crippen LogP contribution is 2.35. The van der Waals surface area contributed by atoms with E-state index in [0.717, 1.165) is 46.5 Å². The number of ether oxygens (including phenoxy) is 1.